The molecule has 132 valence electrons. The van der Waals surface area contributed by atoms with Crippen LogP contribution in [0.2, 0.25) is 0 Å². The second-order valence-corrected chi connectivity index (χ2v) is 7.23. The normalized spacial score (nSPS) is 16.2. The number of aryl methyl sites for hydroxylation is 1. The fraction of sp³-hybridized carbons (Fsp3) is 0.286. The second-order valence-electron chi connectivity index (χ2n) is 7.23. The van der Waals surface area contributed by atoms with Crippen LogP contribution in [0.1, 0.15) is 49.6 Å². The Balaban J connectivity index is 2.09. The van der Waals surface area contributed by atoms with Crippen LogP contribution in [-0.4, -0.2) is 15.5 Å². The van der Waals surface area contributed by atoms with Gasteiger partial charge in [-0.1, -0.05) is 31.5 Å². The van der Waals surface area contributed by atoms with E-state index < -0.39 is 0 Å². The van der Waals surface area contributed by atoms with E-state index in [0.717, 1.165) is 22.5 Å². The summed E-state index contributed by atoms with van der Waals surface area (Å²) in [6.07, 6.45) is 0. The topological polar surface area (TPSA) is 64.0 Å². The molecule has 4 rings (SSSR count). The van der Waals surface area contributed by atoms with Crippen molar-refractivity contribution in [2.24, 2.45) is 0 Å². The number of anilines is 1. The Bertz CT molecular complexity index is 1090. The van der Waals surface area contributed by atoms with E-state index in [-0.39, 0.29) is 23.3 Å². The minimum atomic E-state index is -0.309. The van der Waals surface area contributed by atoms with Gasteiger partial charge in [0.15, 0.2) is 0 Å². The van der Waals surface area contributed by atoms with Crippen molar-refractivity contribution < 1.29 is 4.79 Å². The van der Waals surface area contributed by atoms with Crippen molar-refractivity contribution in [2.75, 3.05) is 5.32 Å². The van der Waals surface area contributed by atoms with Gasteiger partial charge < -0.3 is 5.32 Å². The predicted molar refractivity (Wildman–Crippen MR) is 103 cm³/mol. The summed E-state index contributed by atoms with van der Waals surface area (Å²) in [5.74, 6) is 0.398. The summed E-state index contributed by atoms with van der Waals surface area (Å²) in [6, 6.07) is 11.4. The van der Waals surface area contributed by atoms with Crippen LogP contribution in [0.15, 0.2) is 41.2 Å². The summed E-state index contributed by atoms with van der Waals surface area (Å²) in [5, 5.41) is 3.41. The quantitative estimate of drug-likeness (QED) is 0.765. The molecule has 0 saturated heterocycles. The molecule has 0 spiro atoms. The van der Waals surface area contributed by atoms with E-state index in [1.807, 2.05) is 52.0 Å². The van der Waals surface area contributed by atoms with Crippen molar-refractivity contribution >= 4 is 22.5 Å². The lowest BCUT2D eigenvalue weighted by molar-refractivity contribution is -0.116. The summed E-state index contributed by atoms with van der Waals surface area (Å²) >= 11 is 0. The molecule has 26 heavy (non-hydrogen) atoms. The first kappa shape index (κ1) is 16.5. The number of amides is 1. The SMILES string of the molecule is Cc1ccc(-n2c(C(C)C)nc3c4c(ccc3c2=O)NC(=O)C4C)cc1. The van der Waals surface area contributed by atoms with E-state index in [9.17, 15) is 9.59 Å². The number of hydrogen-bond donors (Lipinski definition) is 1. The van der Waals surface area contributed by atoms with Gasteiger partial charge in [0.2, 0.25) is 5.91 Å². The van der Waals surface area contributed by atoms with E-state index in [2.05, 4.69) is 5.32 Å². The van der Waals surface area contributed by atoms with Crippen LogP contribution in [0.5, 0.6) is 0 Å². The maximum atomic E-state index is 13.3. The molecule has 1 atom stereocenters. The third-order valence-electron chi connectivity index (χ3n) is 5.00. The maximum Gasteiger partial charge on any atom is 0.265 e. The Hall–Kier alpha value is -2.95. The molecule has 0 aliphatic carbocycles. The maximum absolute atomic E-state index is 13.3. The lowest BCUT2D eigenvalue weighted by Gasteiger charge is -2.17. The Morgan fingerprint density at radius 2 is 1.77 bits per heavy atom. The van der Waals surface area contributed by atoms with Gasteiger partial charge in [0.05, 0.1) is 22.5 Å². The summed E-state index contributed by atoms with van der Waals surface area (Å²) in [7, 11) is 0. The van der Waals surface area contributed by atoms with Crippen LogP contribution in [-0.2, 0) is 4.79 Å². The Labute approximate surface area is 151 Å². The zero-order valence-electron chi connectivity index (χ0n) is 15.3. The third-order valence-corrected chi connectivity index (χ3v) is 5.00. The smallest absolute Gasteiger partial charge is 0.265 e. The number of aromatic nitrogens is 2. The highest BCUT2D eigenvalue weighted by atomic mass is 16.2. The molecule has 5 heteroatoms. The molecule has 1 aromatic heterocycles. The average molecular weight is 347 g/mol. The van der Waals surface area contributed by atoms with Crippen LogP contribution < -0.4 is 10.9 Å². The fourth-order valence-corrected chi connectivity index (χ4v) is 3.54. The molecule has 0 saturated carbocycles. The van der Waals surface area contributed by atoms with Crippen molar-refractivity contribution in [1.29, 1.82) is 0 Å². The Morgan fingerprint density at radius 1 is 1.08 bits per heavy atom. The summed E-state index contributed by atoms with van der Waals surface area (Å²) in [4.78, 5) is 30.3. The number of benzene rings is 2. The Morgan fingerprint density at radius 3 is 2.42 bits per heavy atom. The van der Waals surface area contributed by atoms with Crippen molar-refractivity contribution in [3.63, 3.8) is 0 Å². The number of fused-ring (bicyclic) bond motifs is 3. The highest BCUT2D eigenvalue weighted by Gasteiger charge is 2.30. The lowest BCUT2D eigenvalue weighted by atomic mass is 9.99. The number of carbonyl (C=O) groups excluding carboxylic acids is 1. The summed E-state index contributed by atoms with van der Waals surface area (Å²) in [5.41, 5.74) is 4.05. The number of nitrogens with zero attached hydrogens (tertiary/aromatic N) is 2. The predicted octanol–water partition coefficient (Wildman–Crippen LogP) is 3.87. The van der Waals surface area contributed by atoms with Crippen LogP contribution in [0.25, 0.3) is 16.6 Å². The molecule has 1 amide bonds. The van der Waals surface area contributed by atoms with E-state index in [4.69, 9.17) is 4.98 Å². The highest BCUT2D eigenvalue weighted by Crippen LogP contribution is 2.36. The standard InChI is InChI=1S/C21H21N3O2/c1-11(2)19-23-18-15(9-10-16-17(18)13(4)20(25)22-16)21(26)24(19)14-7-5-12(3)6-8-14/h5-11,13H,1-4H3,(H,22,25). The van der Waals surface area contributed by atoms with Crippen LogP contribution in [0.3, 0.4) is 0 Å². The first-order valence-electron chi connectivity index (χ1n) is 8.86. The monoisotopic (exact) mass is 347 g/mol. The molecule has 1 aliphatic heterocycles. The molecule has 1 unspecified atom stereocenters. The van der Waals surface area contributed by atoms with Gasteiger partial charge in [0, 0.05) is 17.2 Å². The van der Waals surface area contributed by atoms with Gasteiger partial charge >= 0.3 is 0 Å². The molecule has 0 fully saturated rings. The average Bonchev–Trinajstić information content (AvgIpc) is 2.90. The van der Waals surface area contributed by atoms with Crippen LogP contribution in [0, 0.1) is 6.92 Å². The van der Waals surface area contributed by atoms with Gasteiger partial charge in [0.1, 0.15) is 5.82 Å². The molecule has 1 N–H and O–H groups in total. The fourth-order valence-electron chi connectivity index (χ4n) is 3.54. The summed E-state index contributed by atoms with van der Waals surface area (Å²) in [6.45, 7) is 7.91. The molecule has 0 radical (unpaired) electrons. The number of rotatable bonds is 2. The molecule has 0 bridgehead atoms. The zero-order chi connectivity index (χ0) is 18.6. The number of nitrogens with one attached hydrogen (secondary N) is 1. The second kappa shape index (κ2) is 5.80. The van der Waals surface area contributed by atoms with Gasteiger partial charge in [-0.3, -0.25) is 14.2 Å². The molecule has 3 aromatic rings. The number of carbonyl (C=O) groups is 1. The first-order chi connectivity index (χ1) is 12.4. The molecule has 1 aliphatic rings. The van der Waals surface area contributed by atoms with Gasteiger partial charge in [-0.15, -0.1) is 0 Å². The van der Waals surface area contributed by atoms with E-state index in [0.29, 0.717) is 16.7 Å². The van der Waals surface area contributed by atoms with Crippen molar-refractivity contribution in [2.45, 2.75) is 39.5 Å². The largest absolute Gasteiger partial charge is 0.325 e. The molecular weight excluding hydrogens is 326 g/mol. The number of hydrogen-bond acceptors (Lipinski definition) is 3. The minimum Gasteiger partial charge on any atom is -0.325 e. The van der Waals surface area contributed by atoms with Gasteiger partial charge in [-0.2, -0.15) is 0 Å². The summed E-state index contributed by atoms with van der Waals surface area (Å²) < 4.78 is 1.69. The first-order valence-corrected chi connectivity index (χ1v) is 8.86. The van der Waals surface area contributed by atoms with E-state index >= 15 is 0 Å². The highest BCUT2D eigenvalue weighted by molar-refractivity contribution is 6.07. The van der Waals surface area contributed by atoms with E-state index in [1.54, 1.807) is 16.7 Å². The zero-order valence-corrected chi connectivity index (χ0v) is 15.3. The van der Waals surface area contributed by atoms with Crippen LogP contribution >= 0.6 is 0 Å². The van der Waals surface area contributed by atoms with Gasteiger partial charge in [-0.25, -0.2) is 4.98 Å². The Kier molecular flexibility index (Phi) is 3.68. The molecule has 2 heterocycles. The van der Waals surface area contributed by atoms with Crippen molar-refractivity contribution in [3.8, 4) is 5.69 Å². The minimum absolute atomic E-state index is 0.0527. The molecule has 5 nitrogen and oxygen atoms in total. The van der Waals surface area contributed by atoms with Crippen LogP contribution in [0.4, 0.5) is 5.69 Å². The van der Waals surface area contributed by atoms with Gasteiger partial charge in [0.25, 0.3) is 5.56 Å². The van der Waals surface area contributed by atoms with Gasteiger partial charge in [-0.05, 0) is 38.1 Å². The van der Waals surface area contributed by atoms with Crippen molar-refractivity contribution in [3.05, 3.63) is 63.7 Å². The molecular formula is C21H21N3O2. The van der Waals surface area contributed by atoms with Crippen molar-refractivity contribution in [1.82, 2.24) is 9.55 Å². The molecule has 2 aromatic carbocycles. The van der Waals surface area contributed by atoms with E-state index in [1.165, 1.54) is 0 Å². The third kappa shape index (κ3) is 2.35. The lowest BCUT2D eigenvalue weighted by Crippen LogP contribution is -2.25.